The maximum Gasteiger partial charge on any atom is 0.280 e. The van der Waals surface area contributed by atoms with Crippen LogP contribution in [-0.4, -0.2) is 57.2 Å². The summed E-state index contributed by atoms with van der Waals surface area (Å²) in [6.07, 6.45) is 0. The van der Waals surface area contributed by atoms with Crippen molar-refractivity contribution in [1.82, 2.24) is 24.9 Å². The zero-order valence-corrected chi connectivity index (χ0v) is 26.5. The topological polar surface area (TPSA) is 112 Å². The Kier molecular flexibility index (Phi) is 9.64. The first-order valence-electron chi connectivity index (χ1n) is 15.7. The van der Waals surface area contributed by atoms with Gasteiger partial charge in [0, 0.05) is 35.6 Å². The molecule has 0 saturated heterocycles. The van der Waals surface area contributed by atoms with Crippen molar-refractivity contribution >= 4 is 11.4 Å². The molecule has 6 aromatic rings. The standard InChI is InChI=1S/C38H37N7O2/c1-27-33(37(46)44(42-27)31-19-11-5-12-20-31)35(29-15-7-3-8-16-29)40-25-23-39-24-26-41-36(30-17-9-4-10-18-30)34-28(2)43-45(38(34)47)32-21-13-6-14-22-32/h3-22,39,42-43H,23-26H2,1-2H3. The highest BCUT2D eigenvalue weighted by Gasteiger charge is 2.20. The minimum absolute atomic E-state index is 0.140. The molecule has 0 bridgehead atoms. The molecule has 2 aromatic heterocycles. The SMILES string of the molecule is Cc1[nH]n(-c2ccccc2)c(=O)c1C(=NCCNCCN=C(c1ccccc1)c1c(C)[nH]n(-c2ccccc2)c1=O)c1ccccc1. The van der Waals surface area contributed by atoms with Crippen LogP contribution < -0.4 is 16.4 Å². The Bertz CT molecular complexity index is 1950. The molecule has 9 heteroatoms. The number of rotatable bonds is 12. The van der Waals surface area contributed by atoms with Crippen LogP contribution in [-0.2, 0) is 0 Å². The van der Waals surface area contributed by atoms with Gasteiger partial charge < -0.3 is 5.32 Å². The third-order valence-corrected chi connectivity index (χ3v) is 7.86. The van der Waals surface area contributed by atoms with Crippen LogP contribution in [0, 0.1) is 13.8 Å². The molecule has 2 heterocycles. The summed E-state index contributed by atoms with van der Waals surface area (Å²) in [6.45, 7) is 5.91. The molecule has 9 nitrogen and oxygen atoms in total. The molecule has 3 N–H and O–H groups in total. The van der Waals surface area contributed by atoms with E-state index in [0.717, 1.165) is 33.9 Å². The molecule has 0 unspecified atom stereocenters. The van der Waals surface area contributed by atoms with Gasteiger partial charge in [-0.2, -0.15) is 0 Å². The van der Waals surface area contributed by atoms with Crippen LogP contribution in [0.25, 0.3) is 11.4 Å². The van der Waals surface area contributed by atoms with E-state index in [1.165, 1.54) is 0 Å². The lowest BCUT2D eigenvalue weighted by atomic mass is 10.0. The van der Waals surface area contributed by atoms with E-state index in [1.807, 2.05) is 135 Å². The molecule has 4 aromatic carbocycles. The Balaban J connectivity index is 1.19. The minimum Gasteiger partial charge on any atom is -0.313 e. The fourth-order valence-electron chi connectivity index (χ4n) is 5.61. The number of nitrogens with one attached hydrogen (secondary N) is 3. The minimum atomic E-state index is -0.140. The number of nitrogens with zero attached hydrogens (tertiary/aromatic N) is 4. The average molecular weight is 624 g/mol. The van der Waals surface area contributed by atoms with Crippen LogP contribution in [0.1, 0.15) is 33.6 Å². The summed E-state index contributed by atoms with van der Waals surface area (Å²) >= 11 is 0. The molecule has 0 radical (unpaired) electrons. The lowest BCUT2D eigenvalue weighted by Gasteiger charge is -2.08. The Morgan fingerprint density at radius 2 is 0.894 bits per heavy atom. The number of aliphatic imine (C=N–C) groups is 2. The van der Waals surface area contributed by atoms with Gasteiger partial charge in [0.05, 0.1) is 47.0 Å². The quantitative estimate of drug-likeness (QED) is 0.128. The lowest BCUT2D eigenvalue weighted by Crippen LogP contribution is -2.25. The summed E-state index contributed by atoms with van der Waals surface area (Å²) < 4.78 is 3.12. The Hall–Kier alpha value is -5.80. The molecule has 47 heavy (non-hydrogen) atoms. The number of H-pyrrole nitrogens is 2. The van der Waals surface area contributed by atoms with Gasteiger partial charge in [0.25, 0.3) is 11.1 Å². The third-order valence-electron chi connectivity index (χ3n) is 7.86. The molecule has 236 valence electrons. The van der Waals surface area contributed by atoms with E-state index < -0.39 is 0 Å². The second-order valence-electron chi connectivity index (χ2n) is 11.1. The van der Waals surface area contributed by atoms with Crippen molar-refractivity contribution in [3.8, 4) is 11.4 Å². The second-order valence-corrected chi connectivity index (χ2v) is 11.1. The van der Waals surface area contributed by atoms with E-state index >= 15 is 0 Å². The average Bonchev–Trinajstić information content (AvgIpc) is 3.58. The Labute approximate surface area is 273 Å². The van der Waals surface area contributed by atoms with Gasteiger partial charge in [-0.25, -0.2) is 9.36 Å². The monoisotopic (exact) mass is 623 g/mol. The molecular formula is C38H37N7O2. The van der Waals surface area contributed by atoms with E-state index in [0.29, 0.717) is 48.7 Å². The molecule has 0 aliphatic carbocycles. The maximum atomic E-state index is 13.6. The molecular weight excluding hydrogens is 586 g/mol. The summed E-state index contributed by atoms with van der Waals surface area (Å²) in [5.41, 5.74) is 6.95. The van der Waals surface area contributed by atoms with Crippen molar-refractivity contribution in [2.24, 2.45) is 9.98 Å². The Morgan fingerprint density at radius 3 is 1.26 bits per heavy atom. The van der Waals surface area contributed by atoms with E-state index in [2.05, 4.69) is 15.5 Å². The number of hydrogen-bond donors (Lipinski definition) is 3. The van der Waals surface area contributed by atoms with Crippen LogP contribution in [0.5, 0.6) is 0 Å². The highest BCUT2D eigenvalue weighted by molar-refractivity contribution is 6.14. The first-order valence-corrected chi connectivity index (χ1v) is 15.7. The highest BCUT2D eigenvalue weighted by Crippen LogP contribution is 2.15. The van der Waals surface area contributed by atoms with Crippen LogP contribution in [0.15, 0.2) is 141 Å². The first kappa shape index (κ1) is 31.2. The first-order chi connectivity index (χ1) is 23.0. The maximum absolute atomic E-state index is 13.6. The third kappa shape index (κ3) is 6.90. The van der Waals surface area contributed by atoms with Crippen molar-refractivity contribution in [3.05, 3.63) is 176 Å². The molecule has 0 fully saturated rings. The number of para-hydroxylation sites is 2. The van der Waals surface area contributed by atoms with E-state index in [9.17, 15) is 9.59 Å². The van der Waals surface area contributed by atoms with Gasteiger partial charge >= 0.3 is 0 Å². The van der Waals surface area contributed by atoms with Crippen LogP contribution in [0.3, 0.4) is 0 Å². The molecule has 0 atom stereocenters. The van der Waals surface area contributed by atoms with E-state index in [4.69, 9.17) is 9.98 Å². The predicted octanol–water partition coefficient (Wildman–Crippen LogP) is 5.23. The summed E-state index contributed by atoms with van der Waals surface area (Å²) in [5, 5.41) is 9.87. The van der Waals surface area contributed by atoms with Gasteiger partial charge in [0.1, 0.15) is 0 Å². The van der Waals surface area contributed by atoms with Gasteiger partial charge in [0.15, 0.2) is 0 Å². The number of aromatic amines is 2. The lowest BCUT2D eigenvalue weighted by molar-refractivity contribution is 0.697. The summed E-state index contributed by atoms with van der Waals surface area (Å²) in [4.78, 5) is 37.0. The Morgan fingerprint density at radius 1 is 0.553 bits per heavy atom. The molecule has 0 aliphatic rings. The molecule has 0 aliphatic heterocycles. The number of benzene rings is 4. The van der Waals surface area contributed by atoms with Gasteiger partial charge in [-0.3, -0.25) is 29.8 Å². The fraction of sp³-hybridized carbons (Fsp3) is 0.158. The zero-order valence-electron chi connectivity index (χ0n) is 26.5. The van der Waals surface area contributed by atoms with E-state index in [-0.39, 0.29) is 11.1 Å². The summed E-state index contributed by atoms with van der Waals surface area (Å²) in [7, 11) is 0. The van der Waals surface area contributed by atoms with Crippen molar-refractivity contribution < 1.29 is 0 Å². The normalized spacial score (nSPS) is 12.0. The van der Waals surface area contributed by atoms with Crippen molar-refractivity contribution in [2.75, 3.05) is 26.2 Å². The fourth-order valence-corrected chi connectivity index (χ4v) is 5.61. The molecule has 0 amide bonds. The zero-order chi connectivity index (χ0) is 32.6. The van der Waals surface area contributed by atoms with Crippen LogP contribution in [0.2, 0.25) is 0 Å². The van der Waals surface area contributed by atoms with E-state index in [1.54, 1.807) is 9.36 Å². The number of hydrogen-bond acceptors (Lipinski definition) is 5. The largest absolute Gasteiger partial charge is 0.313 e. The smallest absolute Gasteiger partial charge is 0.280 e. The van der Waals surface area contributed by atoms with Crippen molar-refractivity contribution in [3.63, 3.8) is 0 Å². The van der Waals surface area contributed by atoms with Gasteiger partial charge in [-0.15, -0.1) is 0 Å². The van der Waals surface area contributed by atoms with Crippen LogP contribution in [0.4, 0.5) is 0 Å². The highest BCUT2D eigenvalue weighted by atomic mass is 16.1. The van der Waals surface area contributed by atoms with Gasteiger partial charge in [0.2, 0.25) is 0 Å². The van der Waals surface area contributed by atoms with Crippen molar-refractivity contribution in [2.45, 2.75) is 13.8 Å². The molecule has 6 rings (SSSR count). The summed E-state index contributed by atoms with van der Waals surface area (Å²) in [6, 6.07) is 38.6. The summed E-state index contributed by atoms with van der Waals surface area (Å²) in [5.74, 6) is 0. The van der Waals surface area contributed by atoms with Crippen LogP contribution >= 0.6 is 0 Å². The predicted molar refractivity (Wildman–Crippen MR) is 189 cm³/mol. The molecule has 0 saturated carbocycles. The number of aryl methyl sites for hydroxylation is 2. The van der Waals surface area contributed by atoms with Gasteiger partial charge in [-0.1, -0.05) is 97.1 Å². The second kappa shape index (κ2) is 14.5. The molecule has 0 spiro atoms. The van der Waals surface area contributed by atoms with Crippen molar-refractivity contribution in [1.29, 1.82) is 0 Å². The number of aromatic nitrogens is 4. The van der Waals surface area contributed by atoms with Gasteiger partial charge in [-0.05, 0) is 38.1 Å².